The average molecular weight is 470 g/mol. The second-order valence-electron chi connectivity index (χ2n) is 9.41. The summed E-state index contributed by atoms with van der Waals surface area (Å²) in [5.41, 5.74) is 1.72. The lowest BCUT2D eigenvalue weighted by Gasteiger charge is -2.32. The number of hydrogen-bond donors (Lipinski definition) is 1. The van der Waals surface area contributed by atoms with Crippen LogP contribution in [0, 0.1) is 6.92 Å². The summed E-state index contributed by atoms with van der Waals surface area (Å²) in [6.07, 6.45) is 2.60. The normalized spacial score (nSPS) is 19.2. The van der Waals surface area contributed by atoms with Gasteiger partial charge in [-0.1, -0.05) is 29.8 Å². The number of nitrogens with one attached hydrogen (secondary N) is 1. The van der Waals surface area contributed by atoms with E-state index in [1.165, 1.54) is 16.7 Å². The zero-order valence-corrected chi connectivity index (χ0v) is 19.4. The van der Waals surface area contributed by atoms with Crippen LogP contribution in [0.3, 0.4) is 0 Å². The van der Waals surface area contributed by atoms with E-state index >= 15 is 0 Å². The zero-order chi connectivity index (χ0) is 23.4. The van der Waals surface area contributed by atoms with E-state index in [0.29, 0.717) is 32.2 Å². The minimum atomic E-state index is -3.23. The van der Waals surface area contributed by atoms with Gasteiger partial charge in [0.05, 0.1) is 10.00 Å². The maximum absolute atomic E-state index is 13.1. The number of nitrogens with zero attached hydrogens (tertiary/aromatic N) is 2. The Hall–Kier alpha value is -2.94. The van der Waals surface area contributed by atoms with Crippen LogP contribution in [0.1, 0.15) is 57.7 Å². The number of amides is 2. The molecule has 0 unspecified atom stereocenters. The van der Waals surface area contributed by atoms with Crippen LogP contribution in [0.2, 0.25) is 0 Å². The van der Waals surface area contributed by atoms with Crippen molar-refractivity contribution in [2.45, 2.75) is 55.7 Å². The first-order valence-corrected chi connectivity index (χ1v) is 12.9. The Labute approximate surface area is 192 Å². The van der Waals surface area contributed by atoms with Crippen LogP contribution >= 0.6 is 0 Å². The number of aromatic nitrogens is 1. The smallest absolute Gasteiger partial charge is 0.270 e. The van der Waals surface area contributed by atoms with E-state index in [1.54, 1.807) is 4.90 Å². The standard InChI is InChI=1S/C24H27N3O5S/c1-16-2-4-17(5-3-16)14-25-21(28)19-8-9-20-23(30)26(12-13-27(20)22(19)29)15-24(10-11-24)33(31,32)18-6-7-18/h2-5,8-9,18H,6-7,10-15H2,1H3,(H,25,28). The van der Waals surface area contributed by atoms with E-state index < -0.39 is 26.1 Å². The number of rotatable bonds is 7. The number of carbonyl (C=O) groups is 2. The van der Waals surface area contributed by atoms with E-state index in [4.69, 9.17) is 0 Å². The van der Waals surface area contributed by atoms with Gasteiger partial charge in [0.2, 0.25) is 0 Å². The molecule has 2 amide bonds. The third-order valence-corrected chi connectivity index (χ3v) is 10.0. The first-order valence-electron chi connectivity index (χ1n) is 11.3. The van der Waals surface area contributed by atoms with Gasteiger partial charge in [-0.2, -0.15) is 0 Å². The number of aryl methyl sites for hydroxylation is 1. The second-order valence-corrected chi connectivity index (χ2v) is 12.0. The van der Waals surface area contributed by atoms with E-state index in [-0.39, 0.29) is 42.0 Å². The van der Waals surface area contributed by atoms with Gasteiger partial charge in [0.15, 0.2) is 9.84 Å². The predicted molar refractivity (Wildman–Crippen MR) is 123 cm³/mol. The highest BCUT2D eigenvalue weighted by atomic mass is 32.2. The van der Waals surface area contributed by atoms with Crippen LogP contribution in [-0.4, -0.2) is 52.8 Å². The zero-order valence-electron chi connectivity index (χ0n) is 18.5. The summed E-state index contributed by atoms with van der Waals surface area (Å²) >= 11 is 0. The van der Waals surface area contributed by atoms with Crippen molar-refractivity contribution in [3.05, 3.63) is 69.1 Å². The predicted octanol–water partition coefficient (Wildman–Crippen LogP) is 1.65. The van der Waals surface area contributed by atoms with E-state index in [2.05, 4.69) is 5.32 Å². The van der Waals surface area contributed by atoms with Crippen molar-refractivity contribution in [1.29, 1.82) is 0 Å². The number of hydrogen-bond acceptors (Lipinski definition) is 5. The largest absolute Gasteiger partial charge is 0.348 e. The van der Waals surface area contributed by atoms with E-state index in [9.17, 15) is 22.8 Å². The molecule has 0 radical (unpaired) electrons. The SMILES string of the molecule is Cc1ccc(CNC(=O)c2ccc3n(c2=O)CCN(CC2(S(=O)(=O)C4CC4)CC2)C3=O)cc1. The Morgan fingerprint density at radius 3 is 2.39 bits per heavy atom. The Morgan fingerprint density at radius 1 is 1.06 bits per heavy atom. The topological polar surface area (TPSA) is 106 Å². The fourth-order valence-electron chi connectivity index (χ4n) is 4.53. The number of sulfone groups is 1. The van der Waals surface area contributed by atoms with E-state index in [0.717, 1.165) is 11.1 Å². The van der Waals surface area contributed by atoms with Crippen LogP contribution in [-0.2, 0) is 22.9 Å². The second kappa shape index (κ2) is 7.83. The Balaban J connectivity index is 1.31. The summed E-state index contributed by atoms with van der Waals surface area (Å²) < 4.78 is 26.2. The summed E-state index contributed by atoms with van der Waals surface area (Å²) in [5.74, 6) is -0.847. The highest BCUT2D eigenvalue weighted by molar-refractivity contribution is 7.94. The molecule has 33 heavy (non-hydrogen) atoms. The molecule has 1 aliphatic heterocycles. The Kier molecular flexibility index (Phi) is 5.19. The molecule has 0 bridgehead atoms. The van der Waals surface area contributed by atoms with Crippen molar-refractivity contribution in [2.75, 3.05) is 13.1 Å². The van der Waals surface area contributed by atoms with Crippen molar-refractivity contribution in [1.82, 2.24) is 14.8 Å². The van der Waals surface area contributed by atoms with Gasteiger partial charge in [-0.25, -0.2) is 8.42 Å². The maximum atomic E-state index is 13.1. The molecule has 1 N–H and O–H groups in total. The summed E-state index contributed by atoms with van der Waals surface area (Å²) in [6, 6.07) is 10.6. The molecule has 2 aromatic rings. The number of benzene rings is 1. The number of pyridine rings is 1. The van der Waals surface area contributed by atoms with E-state index in [1.807, 2.05) is 31.2 Å². The molecular weight excluding hydrogens is 442 g/mol. The van der Waals surface area contributed by atoms with Crippen LogP contribution in [0.15, 0.2) is 41.2 Å². The van der Waals surface area contributed by atoms with Crippen molar-refractivity contribution in [3.63, 3.8) is 0 Å². The van der Waals surface area contributed by atoms with Gasteiger partial charge >= 0.3 is 0 Å². The monoisotopic (exact) mass is 469 g/mol. The lowest BCUT2D eigenvalue weighted by Crippen LogP contribution is -2.50. The lowest BCUT2D eigenvalue weighted by molar-refractivity contribution is 0.0695. The summed E-state index contributed by atoms with van der Waals surface area (Å²) in [4.78, 5) is 40.2. The highest BCUT2D eigenvalue weighted by Crippen LogP contribution is 2.50. The molecule has 2 aliphatic carbocycles. The van der Waals surface area contributed by atoms with Gasteiger partial charge in [0, 0.05) is 26.2 Å². The van der Waals surface area contributed by atoms with Crippen LogP contribution in [0.5, 0.6) is 0 Å². The van der Waals surface area contributed by atoms with Crippen LogP contribution < -0.4 is 10.9 Å². The first kappa shape index (κ1) is 21.9. The van der Waals surface area contributed by atoms with Gasteiger partial charge in [0.25, 0.3) is 17.4 Å². The molecule has 2 heterocycles. The summed E-state index contributed by atoms with van der Waals surface area (Å²) in [6.45, 7) is 2.94. The van der Waals surface area contributed by atoms with Gasteiger partial charge in [-0.05, 0) is 50.3 Å². The fourth-order valence-corrected chi connectivity index (χ4v) is 7.00. The van der Waals surface area contributed by atoms with Crippen LogP contribution in [0.25, 0.3) is 0 Å². The van der Waals surface area contributed by atoms with Crippen molar-refractivity contribution in [3.8, 4) is 0 Å². The summed E-state index contributed by atoms with van der Waals surface area (Å²) in [7, 11) is -3.23. The molecule has 5 rings (SSSR count). The molecule has 1 aromatic carbocycles. The molecule has 0 spiro atoms. The molecule has 3 aliphatic rings. The number of fused-ring (bicyclic) bond motifs is 1. The van der Waals surface area contributed by atoms with Crippen molar-refractivity contribution < 1.29 is 18.0 Å². The van der Waals surface area contributed by atoms with Crippen molar-refractivity contribution in [2.24, 2.45) is 0 Å². The minimum Gasteiger partial charge on any atom is -0.348 e. The molecule has 2 saturated carbocycles. The maximum Gasteiger partial charge on any atom is 0.270 e. The fraction of sp³-hybridized carbons (Fsp3) is 0.458. The third-order valence-electron chi connectivity index (χ3n) is 6.95. The molecule has 9 heteroatoms. The van der Waals surface area contributed by atoms with Gasteiger partial charge in [-0.15, -0.1) is 0 Å². The highest BCUT2D eigenvalue weighted by Gasteiger charge is 2.60. The van der Waals surface area contributed by atoms with Gasteiger partial charge < -0.3 is 14.8 Å². The third kappa shape index (κ3) is 3.88. The Morgan fingerprint density at radius 2 is 1.76 bits per heavy atom. The molecule has 2 fully saturated rings. The van der Waals surface area contributed by atoms with Gasteiger partial charge in [-0.3, -0.25) is 14.4 Å². The molecular formula is C24H27N3O5S. The summed E-state index contributed by atoms with van der Waals surface area (Å²) in [5, 5.41) is 2.51. The molecule has 0 saturated heterocycles. The quantitative estimate of drug-likeness (QED) is 0.664. The molecule has 8 nitrogen and oxygen atoms in total. The average Bonchev–Trinajstić information content (AvgIpc) is 3.69. The lowest BCUT2D eigenvalue weighted by atomic mass is 10.1. The molecule has 1 aromatic heterocycles. The minimum absolute atomic E-state index is 0.0120. The van der Waals surface area contributed by atoms with Crippen LogP contribution in [0.4, 0.5) is 0 Å². The Bertz CT molecular complexity index is 1290. The first-order chi connectivity index (χ1) is 15.7. The molecule has 174 valence electrons. The van der Waals surface area contributed by atoms with Gasteiger partial charge in [0.1, 0.15) is 11.3 Å². The number of carbonyl (C=O) groups excluding carboxylic acids is 2. The van der Waals surface area contributed by atoms with Crippen molar-refractivity contribution >= 4 is 21.7 Å². The molecule has 0 atom stereocenters.